The molecule has 0 unspecified atom stereocenters. The molecule has 4 aromatic heterocycles. The van der Waals surface area contributed by atoms with Gasteiger partial charge in [-0.05, 0) is 56.6 Å². The third kappa shape index (κ3) is 3.69. The first kappa shape index (κ1) is 24.3. The predicted molar refractivity (Wildman–Crippen MR) is 186 cm³/mol. The summed E-state index contributed by atoms with van der Waals surface area (Å²) in [7, 11) is 0. The monoisotopic (exact) mass is 572 g/mol. The summed E-state index contributed by atoms with van der Waals surface area (Å²) in [5.74, 6) is 0. The summed E-state index contributed by atoms with van der Waals surface area (Å²) in [6, 6.07) is 47.3. The van der Waals surface area contributed by atoms with Gasteiger partial charge in [0.1, 0.15) is 5.65 Å². The van der Waals surface area contributed by atoms with Crippen LogP contribution in [-0.4, -0.2) is 19.4 Å². The molecule has 0 bridgehead atoms. The predicted octanol–water partition coefficient (Wildman–Crippen LogP) is 10.3. The number of pyridine rings is 3. The Kier molecular flexibility index (Phi) is 4.96. The molecule has 4 nitrogen and oxygen atoms in total. The number of nitrogens with zero attached hydrogens (tertiary/aromatic N) is 4. The van der Waals surface area contributed by atoms with Crippen LogP contribution in [0.1, 0.15) is 0 Å². The maximum atomic E-state index is 5.29. The van der Waals surface area contributed by atoms with Gasteiger partial charge in [-0.3, -0.25) is 0 Å². The maximum absolute atomic E-state index is 5.29. The second kappa shape index (κ2) is 9.18. The molecule has 6 aromatic carbocycles. The zero-order valence-corrected chi connectivity index (χ0v) is 24.1. The van der Waals surface area contributed by atoms with Crippen LogP contribution in [0.5, 0.6) is 0 Å². The first-order chi connectivity index (χ1) is 22.3. The van der Waals surface area contributed by atoms with Gasteiger partial charge in [-0.15, -0.1) is 0 Å². The van der Waals surface area contributed by atoms with Gasteiger partial charge in [0.05, 0.1) is 28.1 Å². The van der Waals surface area contributed by atoms with E-state index in [4.69, 9.17) is 15.0 Å². The van der Waals surface area contributed by atoms with E-state index in [-0.39, 0.29) is 0 Å². The van der Waals surface area contributed by atoms with Gasteiger partial charge in [0.15, 0.2) is 0 Å². The molecule has 208 valence electrons. The standard InChI is InChI=1S/C41H24N4/c1-2-23-45-24-36(42-37(45)6-1)26-9-7-25(8-10-26)34-21-17-30-13-14-31-18-22-35(44-41(31)40(30)43-34)32-19-15-29-12-11-27-4-3-5-28-16-20-33(32)39(29)38(27)28/h1-24H. The lowest BCUT2D eigenvalue weighted by Gasteiger charge is -2.14. The van der Waals surface area contributed by atoms with Crippen molar-refractivity contribution in [2.45, 2.75) is 0 Å². The molecule has 4 heterocycles. The Morgan fingerprint density at radius 3 is 1.76 bits per heavy atom. The van der Waals surface area contributed by atoms with E-state index >= 15 is 0 Å². The maximum Gasteiger partial charge on any atom is 0.137 e. The van der Waals surface area contributed by atoms with Gasteiger partial charge in [-0.1, -0.05) is 109 Å². The molecule has 0 aliphatic rings. The van der Waals surface area contributed by atoms with Gasteiger partial charge < -0.3 is 4.40 Å². The van der Waals surface area contributed by atoms with Crippen molar-refractivity contribution in [1.82, 2.24) is 19.4 Å². The molecule has 45 heavy (non-hydrogen) atoms. The number of aromatic nitrogens is 4. The normalized spacial score (nSPS) is 12.0. The van der Waals surface area contributed by atoms with Crippen molar-refractivity contribution in [3.63, 3.8) is 0 Å². The first-order valence-electron chi connectivity index (χ1n) is 15.2. The quantitative estimate of drug-likeness (QED) is 0.198. The molecule has 0 saturated heterocycles. The minimum absolute atomic E-state index is 0.911. The fourth-order valence-corrected chi connectivity index (χ4v) is 6.92. The molecule has 4 heteroatoms. The van der Waals surface area contributed by atoms with E-state index in [1.54, 1.807) is 0 Å². The molecule has 10 aromatic rings. The van der Waals surface area contributed by atoms with Crippen molar-refractivity contribution >= 4 is 59.8 Å². The van der Waals surface area contributed by atoms with Crippen molar-refractivity contribution in [2.24, 2.45) is 0 Å². The summed E-state index contributed by atoms with van der Waals surface area (Å²) in [6.07, 6.45) is 4.09. The van der Waals surface area contributed by atoms with E-state index in [0.29, 0.717) is 0 Å². The van der Waals surface area contributed by atoms with E-state index in [9.17, 15) is 0 Å². The first-order valence-corrected chi connectivity index (χ1v) is 15.2. The number of hydrogen-bond acceptors (Lipinski definition) is 3. The van der Waals surface area contributed by atoms with Crippen LogP contribution in [-0.2, 0) is 0 Å². The summed E-state index contributed by atoms with van der Waals surface area (Å²) in [5, 5.41) is 9.79. The van der Waals surface area contributed by atoms with Gasteiger partial charge >= 0.3 is 0 Å². The van der Waals surface area contributed by atoms with E-state index in [0.717, 1.165) is 61.2 Å². The number of rotatable bonds is 3. The van der Waals surface area contributed by atoms with E-state index in [1.807, 2.05) is 28.8 Å². The van der Waals surface area contributed by atoms with Crippen LogP contribution in [0, 0.1) is 0 Å². The minimum Gasteiger partial charge on any atom is -0.306 e. The third-order valence-corrected chi connectivity index (χ3v) is 9.16. The summed E-state index contributed by atoms with van der Waals surface area (Å²) in [4.78, 5) is 15.3. The van der Waals surface area contributed by atoms with Gasteiger partial charge in [0.25, 0.3) is 0 Å². The van der Waals surface area contributed by atoms with Crippen molar-refractivity contribution in [3.05, 3.63) is 146 Å². The molecule has 0 spiro atoms. The second-order valence-electron chi connectivity index (χ2n) is 11.7. The Balaban J connectivity index is 1.10. The van der Waals surface area contributed by atoms with E-state index in [1.165, 1.54) is 32.3 Å². The highest BCUT2D eigenvalue weighted by atomic mass is 15.0. The second-order valence-corrected chi connectivity index (χ2v) is 11.7. The Morgan fingerprint density at radius 2 is 1.00 bits per heavy atom. The molecule has 0 N–H and O–H groups in total. The summed E-state index contributed by atoms with van der Waals surface area (Å²) < 4.78 is 2.04. The highest BCUT2D eigenvalue weighted by Gasteiger charge is 2.14. The van der Waals surface area contributed by atoms with Crippen LogP contribution in [0.3, 0.4) is 0 Å². The number of fused-ring (bicyclic) bond motifs is 4. The smallest absolute Gasteiger partial charge is 0.137 e. The van der Waals surface area contributed by atoms with Crippen LogP contribution in [0.25, 0.3) is 93.5 Å². The van der Waals surface area contributed by atoms with Gasteiger partial charge in [0.2, 0.25) is 0 Å². The minimum atomic E-state index is 0.911. The molecule has 0 atom stereocenters. The fraction of sp³-hybridized carbons (Fsp3) is 0. The Morgan fingerprint density at radius 1 is 0.400 bits per heavy atom. The number of benzene rings is 6. The van der Waals surface area contributed by atoms with Gasteiger partial charge in [-0.2, -0.15) is 0 Å². The molecule has 0 saturated carbocycles. The molecule has 0 fully saturated rings. The Hall–Kier alpha value is -6.13. The van der Waals surface area contributed by atoms with Crippen LogP contribution < -0.4 is 0 Å². The topological polar surface area (TPSA) is 43.1 Å². The third-order valence-electron chi connectivity index (χ3n) is 9.16. The molecular weight excluding hydrogens is 548 g/mol. The largest absolute Gasteiger partial charge is 0.306 e. The number of imidazole rings is 1. The highest BCUT2D eigenvalue weighted by molar-refractivity contribution is 6.25. The zero-order valence-electron chi connectivity index (χ0n) is 24.1. The van der Waals surface area contributed by atoms with Crippen molar-refractivity contribution < 1.29 is 0 Å². The lowest BCUT2D eigenvalue weighted by molar-refractivity contribution is 1.19. The summed E-state index contributed by atoms with van der Waals surface area (Å²) in [5.41, 5.74) is 8.87. The van der Waals surface area contributed by atoms with E-state index in [2.05, 4.69) is 121 Å². The average molecular weight is 573 g/mol. The molecule has 0 amide bonds. The Bertz CT molecular complexity index is 2710. The molecule has 10 rings (SSSR count). The fourth-order valence-electron chi connectivity index (χ4n) is 6.92. The molecule has 0 aliphatic carbocycles. The van der Waals surface area contributed by atoms with Crippen LogP contribution in [0.2, 0.25) is 0 Å². The van der Waals surface area contributed by atoms with Crippen LogP contribution >= 0.6 is 0 Å². The Labute approximate surface area is 258 Å². The van der Waals surface area contributed by atoms with Crippen molar-refractivity contribution in [3.8, 4) is 33.8 Å². The van der Waals surface area contributed by atoms with E-state index < -0.39 is 0 Å². The van der Waals surface area contributed by atoms with Crippen LogP contribution in [0.4, 0.5) is 0 Å². The lowest BCUT2D eigenvalue weighted by atomic mass is 9.91. The summed E-state index contributed by atoms with van der Waals surface area (Å²) in [6.45, 7) is 0. The summed E-state index contributed by atoms with van der Waals surface area (Å²) >= 11 is 0. The highest BCUT2D eigenvalue weighted by Crippen LogP contribution is 2.39. The average Bonchev–Trinajstić information content (AvgIpc) is 3.55. The molecule has 0 radical (unpaired) electrons. The van der Waals surface area contributed by atoms with Gasteiger partial charge in [-0.25, -0.2) is 15.0 Å². The van der Waals surface area contributed by atoms with Gasteiger partial charge in [0, 0.05) is 39.9 Å². The number of hydrogen-bond donors (Lipinski definition) is 0. The van der Waals surface area contributed by atoms with Crippen molar-refractivity contribution in [2.75, 3.05) is 0 Å². The lowest BCUT2D eigenvalue weighted by Crippen LogP contribution is -1.92. The SMILES string of the molecule is c1cc2ccc3ccc(-c4ccc5ccc6ccc(-c7ccc(-c8cn9ccccc9n8)cc7)nc6c5n4)c4ccc(c1)c2c34. The molecule has 0 aliphatic heterocycles. The van der Waals surface area contributed by atoms with Crippen LogP contribution in [0.15, 0.2) is 146 Å². The zero-order chi connectivity index (χ0) is 29.5. The molecular formula is C41H24N4. The van der Waals surface area contributed by atoms with Crippen molar-refractivity contribution in [1.29, 1.82) is 0 Å².